The average molecular weight is 278 g/mol. The SMILES string of the molecule is C=C(CNC)Cn1ncc(N2CCC(OC)C2)cc1=O. The Balaban J connectivity index is 2.06. The van der Waals surface area contributed by atoms with Gasteiger partial charge < -0.3 is 15.0 Å². The maximum Gasteiger partial charge on any atom is 0.269 e. The lowest BCUT2D eigenvalue weighted by Crippen LogP contribution is -2.28. The number of hydrogen-bond donors (Lipinski definition) is 1. The van der Waals surface area contributed by atoms with E-state index in [1.54, 1.807) is 19.4 Å². The zero-order valence-electron chi connectivity index (χ0n) is 12.1. The molecule has 6 nitrogen and oxygen atoms in total. The van der Waals surface area contributed by atoms with Crippen LogP contribution in [0.5, 0.6) is 0 Å². The smallest absolute Gasteiger partial charge is 0.269 e. The minimum atomic E-state index is -0.0966. The molecule has 1 aliphatic heterocycles. The lowest BCUT2D eigenvalue weighted by Gasteiger charge is -2.18. The molecule has 0 amide bonds. The molecule has 1 aliphatic rings. The molecule has 2 heterocycles. The molecule has 20 heavy (non-hydrogen) atoms. The first kappa shape index (κ1) is 14.7. The second-order valence-electron chi connectivity index (χ2n) is 5.08. The van der Waals surface area contributed by atoms with E-state index in [9.17, 15) is 4.79 Å². The Bertz CT molecular complexity index is 526. The van der Waals surface area contributed by atoms with Crippen LogP contribution in [0.1, 0.15) is 6.42 Å². The van der Waals surface area contributed by atoms with Crippen molar-refractivity contribution in [3.63, 3.8) is 0 Å². The monoisotopic (exact) mass is 278 g/mol. The van der Waals surface area contributed by atoms with Crippen molar-refractivity contribution in [1.82, 2.24) is 15.1 Å². The molecule has 1 atom stereocenters. The van der Waals surface area contributed by atoms with Crippen LogP contribution in [0, 0.1) is 0 Å². The van der Waals surface area contributed by atoms with Crippen LogP contribution < -0.4 is 15.8 Å². The quantitative estimate of drug-likeness (QED) is 0.756. The van der Waals surface area contributed by atoms with Crippen LogP contribution in [0.2, 0.25) is 0 Å². The van der Waals surface area contributed by atoms with Crippen LogP contribution in [-0.4, -0.2) is 49.7 Å². The van der Waals surface area contributed by atoms with Gasteiger partial charge in [-0.2, -0.15) is 5.10 Å². The maximum absolute atomic E-state index is 12.1. The molecular formula is C14H22N4O2. The van der Waals surface area contributed by atoms with Crippen LogP contribution in [0.4, 0.5) is 5.69 Å². The average Bonchev–Trinajstić information content (AvgIpc) is 2.90. The maximum atomic E-state index is 12.1. The van der Waals surface area contributed by atoms with Crippen molar-refractivity contribution >= 4 is 5.69 Å². The molecule has 110 valence electrons. The highest BCUT2D eigenvalue weighted by molar-refractivity contribution is 5.44. The summed E-state index contributed by atoms with van der Waals surface area (Å²) >= 11 is 0. The molecule has 1 fully saturated rings. The summed E-state index contributed by atoms with van der Waals surface area (Å²) in [7, 11) is 3.57. The largest absolute Gasteiger partial charge is 0.380 e. The third-order valence-corrected chi connectivity index (χ3v) is 3.50. The van der Waals surface area contributed by atoms with E-state index in [1.807, 2.05) is 7.05 Å². The minimum Gasteiger partial charge on any atom is -0.380 e. The highest BCUT2D eigenvalue weighted by atomic mass is 16.5. The molecular weight excluding hydrogens is 256 g/mol. The number of methoxy groups -OCH3 is 1. The molecule has 0 aromatic carbocycles. The van der Waals surface area contributed by atoms with E-state index in [0.29, 0.717) is 13.1 Å². The molecule has 1 aromatic rings. The molecule has 0 bridgehead atoms. The Hall–Kier alpha value is -1.66. The van der Waals surface area contributed by atoms with Gasteiger partial charge in [0.15, 0.2) is 0 Å². The van der Waals surface area contributed by atoms with Crippen molar-refractivity contribution in [2.45, 2.75) is 19.1 Å². The van der Waals surface area contributed by atoms with Gasteiger partial charge >= 0.3 is 0 Å². The van der Waals surface area contributed by atoms with E-state index in [2.05, 4.69) is 21.9 Å². The van der Waals surface area contributed by atoms with Crippen molar-refractivity contribution in [2.24, 2.45) is 0 Å². The van der Waals surface area contributed by atoms with E-state index >= 15 is 0 Å². The number of nitrogens with one attached hydrogen (secondary N) is 1. The van der Waals surface area contributed by atoms with Crippen molar-refractivity contribution < 1.29 is 4.74 Å². The zero-order chi connectivity index (χ0) is 14.5. The summed E-state index contributed by atoms with van der Waals surface area (Å²) in [5, 5.41) is 7.24. The van der Waals surface area contributed by atoms with Crippen molar-refractivity contribution in [3.05, 3.63) is 34.8 Å². The van der Waals surface area contributed by atoms with Gasteiger partial charge in [-0.25, -0.2) is 4.68 Å². The molecule has 1 saturated heterocycles. The van der Waals surface area contributed by atoms with Crippen molar-refractivity contribution in [1.29, 1.82) is 0 Å². The Labute approximate surface area is 119 Å². The topological polar surface area (TPSA) is 59.4 Å². The van der Waals surface area contributed by atoms with Gasteiger partial charge in [0.05, 0.1) is 24.5 Å². The third-order valence-electron chi connectivity index (χ3n) is 3.50. The lowest BCUT2D eigenvalue weighted by atomic mass is 10.3. The minimum absolute atomic E-state index is 0.0966. The summed E-state index contributed by atoms with van der Waals surface area (Å²) < 4.78 is 6.77. The number of aromatic nitrogens is 2. The molecule has 1 unspecified atom stereocenters. The number of rotatable bonds is 6. The van der Waals surface area contributed by atoms with E-state index < -0.39 is 0 Å². The number of likely N-dealkylation sites (N-methyl/N-ethyl adjacent to an activating group) is 1. The molecule has 0 saturated carbocycles. The molecule has 0 aliphatic carbocycles. The van der Waals surface area contributed by atoms with Crippen LogP contribution >= 0.6 is 0 Å². The first-order valence-electron chi connectivity index (χ1n) is 6.80. The van der Waals surface area contributed by atoms with E-state index in [-0.39, 0.29) is 11.7 Å². The molecule has 1 N–H and O–H groups in total. The molecule has 0 radical (unpaired) electrons. The fraction of sp³-hybridized carbons (Fsp3) is 0.571. The van der Waals surface area contributed by atoms with Gasteiger partial charge in [0.1, 0.15) is 0 Å². The molecule has 6 heteroatoms. The normalized spacial score (nSPS) is 18.5. The molecule has 0 spiro atoms. The van der Waals surface area contributed by atoms with Crippen LogP contribution in [0.15, 0.2) is 29.2 Å². The number of hydrogen-bond acceptors (Lipinski definition) is 5. The van der Waals surface area contributed by atoms with Crippen molar-refractivity contribution in [3.8, 4) is 0 Å². The highest BCUT2D eigenvalue weighted by Crippen LogP contribution is 2.19. The predicted molar refractivity (Wildman–Crippen MR) is 79.2 cm³/mol. The fourth-order valence-corrected chi connectivity index (χ4v) is 2.39. The predicted octanol–water partition coefficient (Wildman–Crippen LogP) is 0.244. The Kier molecular flexibility index (Phi) is 4.92. The van der Waals surface area contributed by atoms with E-state index in [0.717, 1.165) is 30.8 Å². The van der Waals surface area contributed by atoms with Gasteiger partial charge in [-0.05, 0) is 19.0 Å². The molecule has 1 aromatic heterocycles. The summed E-state index contributed by atoms with van der Waals surface area (Å²) in [4.78, 5) is 14.2. The van der Waals surface area contributed by atoms with E-state index in [1.165, 1.54) is 4.68 Å². The Morgan fingerprint density at radius 1 is 1.65 bits per heavy atom. The summed E-state index contributed by atoms with van der Waals surface area (Å²) in [6.45, 7) is 6.75. The first-order chi connectivity index (χ1) is 9.63. The third kappa shape index (κ3) is 3.46. The fourth-order valence-electron chi connectivity index (χ4n) is 2.39. The number of anilines is 1. The Morgan fingerprint density at radius 3 is 3.05 bits per heavy atom. The number of nitrogens with zero attached hydrogens (tertiary/aromatic N) is 3. The summed E-state index contributed by atoms with van der Waals surface area (Å²) in [5.41, 5.74) is 1.70. The van der Waals surface area contributed by atoms with Gasteiger partial charge in [-0.1, -0.05) is 6.58 Å². The van der Waals surface area contributed by atoms with Gasteiger partial charge in [0.2, 0.25) is 0 Å². The van der Waals surface area contributed by atoms with Gasteiger partial charge in [0, 0.05) is 32.8 Å². The van der Waals surface area contributed by atoms with Crippen molar-refractivity contribution in [2.75, 3.05) is 38.7 Å². The highest BCUT2D eigenvalue weighted by Gasteiger charge is 2.22. The van der Waals surface area contributed by atoms with Gasteiger partial charge in [0.25, 0.3) is 5.56 Å². The summed E-state index contributed by atoms with van der Waals surface area (Å²) in [6, 6.07) is 1.64. The lowest BCUT2D eigenvalue weighted by molar-refractivity contribution is 0.121. The second kappa shape index (κ2) is 6.67. The number of ether oxygens (including phenoxy) is 1. The summed E-state index contributed by atoms with van der Waals surface area (Å²) in [6.07, 6.45) is 2.97. The second-order valence-corrected chi connectivity index (χ2v) is 5.08. The standard InChI is InChI=1S/C14H22N4O2/c1-11(7-15-2)9-18-14(19)6-12(8-16-18)17-5-4-13(10-17)20-3/h6,8,13,15H,1,4-5,7,9-10H2,2-3H3. The first-order valence-corrected chi connectivity index (χ1v) is 6.80. The Morgan fingerprint density at radius 2 is 2.45 bits per heavy atom. The van der Waals surface area contributed by atoms with Gasteiger partial charge in [-0.3, -0.25) is 4.79 Å². The zero-order valence-corrected chi connectivity index (χ0v) is 12.1. The van der Waals surface area contributed by atoms with Crippen LogP contribution in [-0.2, 0) is 11.3 Å². The summed E-state index contributed by atoms with van der Waals surface area (Å²) in [5.74, 6) is 0. The van der Waals surface area contributed by atoms with Gasteiger partial charge in [-0.15, -0.1) is 0 Å². The van der Waals surface area contributed by atoms with E-state index in [4.69, 9.17) is 4.74 Å². The van der Waals surface area contributed by atoms with Crippen LogP contribution in [0.3, 0.4) is 0 Å². The molecule has 2 rings (SSSR count). The van der Waals surface area contributed by atoms with Crippen LogP contribution in [0.25, 0.3) is 0 Å².